The first-order valence-corrected chi connectivity index (χ1v) is 5.82. The lowest BCUT2D eigenvalue weighted by Gasteiger charge is -2.10. The van der Waals surface area contributed by atoms with Gasteiger partial charge in [-0.05, 0) is 25.1 Å². The summed E-state index contributed by atoms with van der Waals surface area (Å²) in [6, 6.07) is 4.22. The second-order valence-corrected chi connectivity index (χ2v) is 3.71. The summed E-state index contributed by atoms with van der Waals surface area (Å²) in [7, 11) is 0. The lowest BCUT2D eigenvalue weighted by molar-refractivity contribution is 0.102. The van der Waals surface area contributed by atoms with Crippen molar-refractivity contribution in [3.05, 3.63) is 47.9 Å². The molecule has 2 aromatic heterocycles. The van der Waals surface area contributed by atoms with Gasteiger partial charge >= 0.3 is 0 Å². The number of nitrogens with one attached hydrogen (secondary N) is 1. The lowest BCUT2D eigenvalue weighted by atomic mass is 10.2. The summed E-state index contributed by atoms with van der Waals surface area (Å²) in [5.41, 5.74) is -0.167. The third-order valence-corrected chi connectivity index (χ3v) is 2.39. The Balaban J connectivity index is 2.26. The summed E-state index contributed by atoms with van der Waals surface area (Å²) < 4.78 is 31.7. The quantitative estimate of drug-likeness (QED) is 0.873. The minimum atomic E-state index is -1.33. The van der Waals surface area contributed by atoms with Crippen LogP contribution in [-0.4, -0.2) is 22.5 Å². The molecule has 0 aliphatic carbocycles. The van der Waals surface area contributed by atoms with Crippen molar-refractivity contribution in [2.45, 2.75) is 6.92 Å². The molecular formula is C13H11F2N3O2. The standard InChI is InChI=1S/C13H11F2N3O2/c1-2-20-13-9(4-3-6-17-13)18-12(19)8-5-7-16-11(15)10(8)14/h3-7H,2H2,1H3,(H,18,19). The Hall–Kier alpha value is -2.57. The van der Waals surface area contributed by atoms with E-state index in [-0.39, 0.29) is 11.6 Å². The average molecular weight is 279 g/mol. The molecule has 1 N–H and O–H groups in total. The average Bonchev–Trinajstić information content (AvgIpc) is 2.44. The molecule has 0 saturated carbocycles. The zero-order valence-corrected chi connectivity index (χ0v) is 10.6. The second kappa shape index (κ2) is 6.05. The number of rotatable bonds is 4. The molecule has 0 radical (unpaired) electrons. The number of halogens is 2. The minimum absolute atomic E-state index is 0.207. The summed E-state index contributed by atoms with van der Waals surface area (Å²) in [5.74, 6) is -3.23. The van der Waals surface area contributed by atoms with Crippen LogP contribution in [0.1, 0.15) is 17.3 Å². The van der Waals surface area contributed by atoms with Crippen molar-refractivity contribution in [1.82, 2.24) is 9.97 Å². The van der Waals surface area contributed by atoms with Gasteiger partial charge in [0, 0.05) is 12.4 Å². The van der Waals surface area contributed by atoms with E-state index in [2.05, 4.69) is 15.3 Å². The fourth-order valence-corrected chi connectivity index (χ4v) is 1.52. The Bertz CT molecular complexity index is 635. The molecule has 0 aliphatic heterocycles. The molecule has 104 valence electrons. The normalized spacial score (nSPS) is 10.2. The molecule has 0 unspecified atom stereocenters. The molecule has 20 heavy (non-hydrogen) atoms. The van der Waals surface area contributed by atoms with Gasteiger partial charge in [0.05, 0.1) is 12.2 Å². The number of amides is 1. The van der Waals surface area contributed by atoms with E-state index in [0.29, 0.717) is 6.61 Å². The van der Waals surface area contributed by atoms with Crippen LogP contribution in [0.4, 0.5) is 14.5 Å². The predicted molar refractivity (Wildman–Crippen MR) is 67.5 cm³/mol. The van der Waals surface area contributed by atoms with Crippen LogP contribution in [0.5, 0.6) is 5.88 Å². The smallest absolute Gasteiger partial charge is 0.259 e. The van der Waals surface area contributed by atoms with E-state index in [1.165, 1.54) is 6.20 Å². The maximum Gasteiger partial charge on any atom is 0.259 e. The summed E-state index contributed by atoms with van der Waals surface area (Å²) >= 11 is 0. The van der Waals surface area contributed by atoms with Crippen LogP contribution in [0.25, 0.3) is 0 Å². The molecule has 1 amide bonds. The Kier molecular flexibility index (Phi) is 4.19. The minimum Gasteiger partial charge on any atom is -0.476 e. The summed E-state index contributed by atoms with van der Waals surface area (Å²) in [6.07, 6.45) is 2.51. The van der Waals surface area contributed by atoms with Gasteiger partial charge in [-0.25, -0.2) is 14.4 Å². The van der Waals surface area contributed by atoms with Gasteiger partial charge in [-0.1, -0.05) is 0 Å². The fraction of sp³-hybridized carbons (Fsp3) is 0.154. The Labute approximate surface area is 113 Å². The van der Waals surface area contributed by atoms with Crippen molar-refractivity contribution in [3.63, 3.8) is 0 Å². The van der Waals surface area contributed by atoms with Crippen LogP contribution in [0.3, 0.4) is 0 Å². The van der Waals surface area contributed by atoms with Gasteiger partial charge in [-0.3, -0.25) is 4.79 Å². The number of hydrogen-bond acceptors (Lipinski definition) is 4. The zero-order chi connectivity index (χ0) is 14.5. The zero-order valence-electron chi connectivity index (χ0n) is 10.6. The van der Waals surface area contributed by atoms with E-state index in [1.54, 1.807) is 19.1 Å². The molecule has 2 aromatic rings. The highest BCUT2D eigenvalue weighted by molar-refractivity contribution is 6.04. The topological polar surface area (TPSA) is 64.1 Å². The summed E-state index contributed by atoms with van der Waals surface area (Å²) in [6.45, 7) is 2.12. The fourth-order valence-electron chi connectivity index (χ4n) is 1.52. The third kappa shape index (κ3) is 2.87. The van der Waals surface area contributed by atoms with Crippen molar-refractivity contribution in [1.29, 1.82) is 0 Å². The molecule has 0 spiro atoms. The van der Waals surface area contributed by atoms with Crippen molar-refractivity contribution >= 4 is 11.6 Å². The second-order valence-electron chi connectivity index (χ2n) is 3.71. The number of hydrogen-bond donors (Lipinski definition) is 1. The van der Waals surface area contributed by atoms with E-state index in [1.807, 2.05) is 0 Å². The molecule has 0 saturated heterocycles. The number of pyridine rings is 2. The molecule has 0 aliphatic rings. The molecule has 2 rings (SSSR count). The number of aromatic nitrogens is 2. The van der Waals surface area contributed by atoms with Crippen molar-refractivity contribution in [2.75, 3.05) is 11.9 Å². The monoisotopic (exact) mass is 279 g/mol. The van der Waals surface area contributed by atoms with E-state index < -0.39 is 23.2 Å². The predicted octanol–water partition coefficient (Wildman–Crippen LogP) is 2.41. The molecule has 2 heterocycles. The van der Waals surface area contributed by atoms with Crippen LogP contribution in [0.2, 0.25) is 0 Å². The first-order chi connectivity index (χ1) is 9.63. The summed E-state index contributed by atoms with van der Waals surface area (Å²) in [4.78, 5) is 19.0. The van der Waals surface area contributed by atoms with Crippen LogP contribution in [-0.2, 0) is 0 Å². The van der Waals surface area contributed by atoms with Gasteiger partial charge in [0.2, 0.25) is 11.8 Å². The molecule has 0 fully saturated rings. The van der Waals surface area contributed by atoms with E-state index in [0.717, 1.165) is 12.3 Å². The number of ether oxygens (including phenoxy) is 1. The number of carbonyl (C=O) groups is 1. The van der Waals surface area contributed by atoms with Crippen LogP contribution < -0.4 is 10.1 Å². The first kappa shape index (κ1) is 13.9. The van der Waals surface area contributed by atoms with E-state index in [4.69, 9.17) is 4.74 Å². The largest absolute Gasteiger partial charge is 0.476 e. The van der Waals surface area contributed by atoms with E-state index in [9.17, 15) is 13.6 Å². The summed E-state index contributed by atoms with van der Waals surface area (Å²) in [5, 5.41) is 2.42. The molecule has 7 heteroatoms. The van der Waals surface area contributed by atoms with Gasteiger partial charge in [0.15, 0.2) is 5.82 Å². The van der Waals surface area contributed by atoms with Crippen LogP contribution in [0, 0.1) is 11.8 Å². The van der Waals surface area contributed by atoms with Crippen molar-refractivity contribution in [3.8, 4) is 5.88 Å². The SMILES string of the molecule is CCOc1ncccc1NC(=O)c1ccnc(F)c1F. The lowest BCUT2D eigenvalue weighted by Crippen LogP contribution is -2.16. The van der Waals surface area contributed by atoms with Crippen LogP contribution >= 0.6 is 0 Å². The molecule has 0 aromatic carbocycles. The first-order valence-electron chi connectivity index (χ1n) is 5.82. The van der Waals surface area contributed by atoms with Gasteiger partial charge in [-0.15, -0.1) is 0 Å². The highest BCUT2D eigenvalue weighted by Gasteiger charge is 2.17. The van der Waals surface area contributed by atoms with Gasteiger partial charge < -0.3 is 10.1 Å². The van der Waals surface area contributed by atoms with Gasteiger partial charge in [-0.2, -0.15) is 4.39 Å². The Morgan fingerprint density at radius 2 is 2.10 bits per heavy atom. The molecular weight excluding hydrogens is 268 g/mol. The maximum absolute atomic E-state index is 13.5. The van der Waals surface area contributed by atoms with Crippen molar-refractivity contribution in [2.24, 2.45) is 0 Å². The molecule has 0 atom stereocenters. The number of carbonyl (C=O) groups excluding carboxylic acids is 1. The molecule has 0 bridgehead atoms. The Morgan fingerprint density at radius 1 is 1.30 bits per heavy atom. The number of anilines is 1. The van der Waals surface area contributed by atoms with Gasteiger partial charge in [0.1, 0.15) is 5.69 Å². The third-order valence-electron chi connectivity index (χ3n) is 2.39. The highest BCUT2D eigenvalue weighted by Crippen LogP contribution is 2.21. The molecule has 5 nitrogen and oxygen atoms in total. The van der Waals surface area contributed by atoms with Crippen molar-refractivity contribution < 1.29 is 18.3 Å². The maximum atomic E-state index is 13.5. The Morgan fingerprint density at radius 3 is 2.85 bits per heavy atom. The van der Waals surface area contributed by atoms with Crippen LogP contribution in [0.15, 0.2) is 30.6 Å². The van der Waals surface area contributed by atoms with Gasteiger partial charge in [0.25, 0.3) is 5.91 Å². The number of nitrogens with zero attached hydrogens (tertiary/aromatic N) is 2. The van der Waals surface area contributed by atoms with E-state index >= 15 is 0 Å². The highest BCUT2D eigenvalue weighted by atomic mass is 19.2.